The lowest BCUT2D eigenvalue weighted by Crippen LogP contribution is -2.40. The van der Waals surface area contributed by atoms with Crippen LogP contribution in [0.25, 0.3) is 5.65 Å². The lowest BCUT2D eigenvalue weighted by molar-refractivity contribution is -0.122. The molecule has 1 saturated carbocycles. The van der Waals surface area contributed by atoms with E-state index in [1.807, 2.05) is 0 Å². The zero-order valence-electron chi connectivity index (χ0n) is 15.8. The van der Waals surface area contributed by atoms with Crippen molar-refractivity contribution in [2.75, 3.05) is 18.0 Å². The highest BCUT2D eigenvalue weighted by molar-refractivity contribution is 5.76. The Labute approximate surface area is 158 Å². The number of amides is 1. The van der Waals surface area contributed by atoms with Crippen molar-refractivity contribution in [3.05, 3.63) is 22.9 Å². The lowest BCUT2D eigenvalue weighted by Gasteiger charge is -2.22. The molecule has 146 valence electrons. The standard InChI is InChI=1S/C19H28N6O2/c26-16(21-15-8-4-3-5-9-15)14-25-19(27)24-13-10-20-17(18(24)22-25)23-11-6-1-2-7-12-23/h10,13,15H,1-9,11-12,14H2,(H,21,26). The average Bonchev–Trinajstić information content (AvgIpc) is 2.87. The van der Waals surface area contributed by atoms with Crippen LogP contribution in [0.3, 0.4) is 0 Å². The molecule has 1 amide bonds. The first-order chi connectivity index (χ1) is 13.2. The van der Waals surface area contributed by atoms with Gasteiger partial charge in [0.1, 0.15) is 6.54 Å². The van der Waals surface area contributed by atoms with Crippen LogP contribution in [0.4, 0.5) is 5.82 Å². The van der Waals surface area contributed by atoms with Gasteiger partial charge < -0.3 is 10.2 Å². The van der Waals surface area contributed by atoms with Gasteiger partial charge in [-0.15, -0.1) is 5.10 Å². The van der Waals surface area contributed by atoms with E-state index in [-0.39, 0.29) is 24.2 Å². The van der Waals surface area contributed by atoms with E-state index in [1.54, 1.807) is 12.4 Å². The largest absolute Gasteiger partial charge is 0.353 e. The summed E-state index contributed by atoms with van der Waals surface area (Å²) in [5.74, 6) is 0.597. The number of hydrogen-bond acceptors (Lipinski definition) is 5. The second-order valence-corrected chi connectivity index (χ2v) is 7.69. The van der Waals surface area contributed by atoms with Gasteiger partial charge in [0.05, 0.1) is 0 Å². The van der Waals surface area contributed by atoms with Crippen LogP contribution >= 0.6 is 0 Å². The van der Waals surface area contributed by atoms with Gasteiger partial charge in [-0.3, -0.25) is 4.79 Å². The summed E-state index contributed by atoms with van der Waals surface area (Å²) in [5.41, 5.74) is 0.247. The van der Waals surface area contributed by atoms with Crippen molar-refractivity contribution in [2.24, 2.45) is 0 Å². The Kier molecular flexibility index (Phi) is 5.40. The van der Waals surface area contributed by atoms with E-state index < -0.39 is 0 Å². The lowest BCUT2D eigenvalue weighted by atomic mass is 9.95. The monoisotopic (exact) mass is 372 g/mol. The molecule has 0 bridgehead atoms. The first-order valence-electron chi connectivity index (χ1n) is 10.2. The van der Waals surface area contributed by atoms with Gasteiger partial charge in [-0.2, -0.15) is 0 Å². The van der Waals surface area contributed by atoms with Crippen LogP contribution in [0.5, 0.6) is 0 Å². The van der Waals surface area contributed by atoms with Gasteiger partial charge in [-0.1, -0.05) is 32.1 Å². The Hall–Kier alpha value is -2.38. The van der Waals surface area contributed by atoms with Crippen LogP contribution in [0.2, 0.25) is 0 Å². The Balaban J connectivity index is 1.55. The average molecular weight is 372 g/mol. The number of nitrogens with one attached hydrogen (secondary N) is 1. The predicted octanol–water partition coefficient (Wildman–Crippen LogP) is 1.72. The van der Waals surface area contributed by atoms with Gasteiger partial charge in [0.25, 0.3) is 0 Å². The molecule has 8 heteroatoms. The first-order valence-corrected chi connectivity index (χ1v) is 10.2. The van der Waals surface area contributed by atoms with E-state index in [4.69, 9.17) is 0 Å². The van der Waals surface area contributed by atoms with Crippen LogP contribution in [-0.2, 0) is 11.3 Å². The van der Waals surface area contributed by atoms with Crippen molar-refractivity contribution in [1.82, 2.24) is 24.5 Å². The van der Waals surface area contributed by atoms with Crippen molar-refractivity contribution in [2.45, 2.75) is 70.4 Å². The molecule has 2 aromatic heterocycles. The normalized spacial score (nSPS) is 19.2. The van der Waals surface area contributed by atoms with E-state index in [1.165, 1.54) is 28.3 Å². The van der Waals surface area contributed by atoms with Crippen molar-refractivity contribution in [3.63, 3.8) is 0 Å². The molecule has 1 N–H and O–H groups in total. The van der Waals surface area contributed by atoms with Crippen molar-refractivity contribution < 1.29 is 4.79 Å². The third-order valence-corrected chi connectivity index (χ3v) is 5.65. The highest BCUT2D eigenvalue weighted by atomic mass is 16.2. The number of carbonyl (C=O) groups is 1. The van der Waals surface area contributed by atoms with Gasteiger partial charge in [0.15, 0.2) is 5.82 Å². The summed E-state index contributed by atoms with van der Waals surface area (Å²) in [6, 6.07) is 0.230. The third kappa shape index (κ3) is 3.99. The number of nitrogens with zero attached hydrogens (tertiary/aromatic N) is 5. The molecule has 0 radical (unpaired) electrons. The Bertz CT molecular complexity index is 843. The topological polar surface area (TPSA) is 84.5 Å². The van der Waals surface area contributed by atoms with E-state index in [0.717, 1.165) is 57.4 Å². The molecular formula is C19H28N6O2. The summed E-state index contributed by atoms with van der Waals surface area (Å²) in [6.45, 7) is 1.81. The molecule has 4 rings (SSSR count). The van der Waals surface area contributed by atoms with E-state index in [9.17, 15) is 9.59 Å². The fourth-order valence-electron chi connectivity index (χ4n) is 4.20. The second-order valence-electron chi connectivity index (χ2n) is 7.69. The maximum Gasteiger partial charge on any atom is 0.350 e. The highest BCUT2D eigenvalue weighted by Gasteiger charge is 2.20. The molecule has 2 fully saturated rings. The van der Waals surface area contributed by atoms with Crippen LogP contribution in [0.1, 0.15) is 57.8 Å². The molecule has 2 aliphatic rings. The fraction of sp³-hybridized carbons (Fsp3) is 0.684. The summed E-state index contributed by atoms with van der Waals surface area (Å²) < 4.78 is 2.76. The molecule has 3 heterocycles. The Morgan fingerprint density at radius 2 is 1.78 bits per heavy atom. The number of fused-ring (bicyclic) bond motifs is 1. The van der Waals surface area contributed by atoms with Crippen LogP contribution in [0, 0.1) is 0 Å². The molecule has 1 aliphatic carbocycles. The summed E-state index contributed by atoms with van der Waals surface area (Å²) in [7, 11) is 0. The SMILES string of the molecule is O=C(Cn1nc2c(N3CCCCCC3)nccn2c1=O)NC1CCCCC1. The van der Waals surface area contributed by atoms with Gasteiger partial charge in [0, 0.05) is 31.5 Å². The number of anilines is 1. The van der Waals surface area contributed by atoms with E-state index >= 15 is 0 Å². The minimum absolute atomic E-state index is 0.0452. The number of rotatable bonds is 4. The summed E-state index contributed by atoms with van der Waals surface area (Å²) in [5, 5.41) is 7.50. The molecule has 0 unspecified atom stereocenters. The summed E-state index contributed by atoms with van der Waals surface area (Å²) >= 11 is 0. The molecule has 0 atom stereocenters. The van der Waals surface area contributed by atoms with Gasteiger partial charge in [-0.25, -0.2) is 18.9 Å². The Morgan fingerprint density at radius 1 is 1.07 bits per heavy atom. The molecule has 1 saturated heterocycles. The smallest absolute Gasteiger partial charge is 0.350 e. The predicted molar refractivity (Wildman–Crippen MR) is 103 cm³/mol. The maximum atomic E-state index is 12.7. The maximum absolute atomic E-state index is 12.7. The fourth-order valence-corrected chi connectivity index (χ4v) is 4.20. The summed E-state index contributed by atoms with van der Waals surface area (Å²) in [6.07, 6.45) is 13.6. The van der Waals surface area contributed by atoms with Crippen LogP contribution in [-0.4, -0.2) is 44.2 Å². The van der Waals surface area contributed by atoms with Gasteiger partial charge >= 0.3 is 5.69 Å². The first kappa shape index (κ1) is 18.0. The van der Waals surface area contributed by atoms with Crippen molar-refractivity contribution >= 4 is 17.4 Å². The van der Waals surface area contributed by atoms with Crippen LogP contribution < -0.4 is 15.9 Å². The minimum Gasteiger partial charge on any atom is -0.353 e. The molecule has 27 heavy (non-hydrogen) atoms. The minimum atomic E-state index is -0.290. The highest BCUT2D eigenvalue weighted by Crippen LogP contribution is 2.20. The zero-order valence-corrected chi connectivity index (χ0v) is 15.8. The second kappa shape index (κ2) is 8.10. The van der Waals surface area contributed by atoms with E-state index in [0.29, 0.717) is 5.65 Å². The summed E-state index contributed by atoms with van der Waals surface area (Å²) in [4.78, 5) is 31.8. The molecule has 0 spiro atoms. The molecule has 1 aliphatic heterocycles. The molecule has 0 aromatic carbocycles. The van der Waals surface area contributed by atoms with E-state index in [2.05, 4.69) is 20.3 Å². The van der Waals surface area contributed by atoms with Gasteiger partial charge in [-0.05, 0) is 25.7 Å². The van der Waals surface area contributed by atoms with Crippen LogP contribution in [0.15, 0.2) is 17.2 Å². The third-order valence-electron chi connectivity index (χ3n) is 5.65. The van der Waals surface area contributed by atoms with Crippen molar-refractivity contribution in [3.8, 4) is 0 Å². The molecule has 2 aromatic rings. The Morgan fingerprint density at radius 3 is 2.52 bits per heavy atom. The number of carbonyl (C=O) groups excluding carboxylic acids is 1. The van der Waals surface area contributed by atoms with Gasteiger partial charge in [0.2, 0.25) is 11.6 Å². The molecule has 8 nitrogen and oxygen atoms in total. The molecular weight excluding hydrogens is 344 g/mol. The number of aromatic nitrogens is 4. The zero-order chi connectivity index (χ0) is 18.6. The number of hydrogen-bond donors (Lipinski definition) is 1. The quantitative estimate of drug-likeness (QED) is 0.883. The van der Waals surface area contributed by atoms with Crippen molar-refractivity contribution in [1.29, 1.82) is 0 Å².